The molecule has 2 heteroatoms. The minimum absolute atomic E-state index is 0.809. The van der Waals surface area contributed by atoms with Gasteiger partial charge in [0, 0.05) is 5.57 Å². The van der Waals surface area contributed by atoms with Crippen LogP contribution in [0.2, 0.25) is 0 Å². The lowest BCUT2D eigenvalue weighted by atomic mass is 10.3. The summed E-state index contributed by atoms with van der Waals surface area (Å²) in [5.41, 5.74) is 0.828. The van der Waals surface area contributed by atoms with E-state index in [-0.39, 0.29) is 0 Å². The Hall–Kier alpha value is -0.420. The fourth-order valence-electron chi connectivity index (χ4n) is 0.561. The number of hydrogen-bond donors (Lipinski definition) is 0. The van der Waals surface area contributed by atoms with Crippen LogP contribution < -0.4 is 0 Å². The highest BCUT2D eigenvalue weighted by atomic mass is 31.1. The monoisotopic (exact) mass is 126 g/mol. The van der Waals surface area contributed by atoms with Gasteiger partial charge in [0.1, 0.15) is 6.29 Å². The summed E-state index contributed by atoms with van der Waals surface area (Å²) in [6.45, 7) is 0. The molecule has 8 heavy (non-hydrogen) atoms. The van der Waals surface area contributed by atoms with Crippen LogP contribution in [-0.2, 0) is 4.79 Å². The maximum Gasteiger partial charge on any atom is 0.150 e. The first-order valence-electron chi connectivity index (χ1n) is 2.49. The third-order valence-electron chi connectivity index (χ3n) is 0.951. The van der Waals surface area contributed by atoms with E-state index in [4.69, 9.17) is 0 Å². The Balaban J connectivity index is 2.64. The maximum atomic E-state index is 10.0. The second-order valence-corrected chi connectivity index (χ2v) is 2.68. The molecule has 1 nitrogen and oxygen atoms in total. The average Bonchev–Trinajstić information content (AvgIpc) is 1.90. The van der Waals surface area contributed by atoms with Crippen LogP contribution in [0.1, 0.15) is 0 Å². The highest BCUT2D eigenvalue weighted by Gasteiger charge is 1.91. The van der Waals surface area contributed by atoms with Gasteiger partial charge in [0.15, 0.2) is 0 Å². The molecule has 0 aliphatic carbocycles. The molecule has 1 aliphatic rings. The molecule has 0 N–H and O–H groups in total. The van der Waals surface area contributed by atoms with Crippen molar-refractivity contribution in [2.45, 2.75) is 0 Å². The maximum absolute atomic E-state index is 10.0. The van der Waals surface area contributed by atoms with Crippen molar-refractivity contribution in [3.63, 3.8) is 0 Å². The molecule has 0 saturated carbocycles. The lowest BCUT2D eigenvalue weighted by Crippen LogP contribution is -1.81. The standard InChI is InChI=1S/C6H7OP/c7-4-6-2-1-3-8-5-6/h1-2,4-5,8H,3H2. The molecule has 0 spiro atoms. The topological polar surface area (TPSA) is 17.1 Å². The van der Waals surface area contributed by atoms with Crippen molar-refractivity contribution in [2.24, 2.45) is 0 Å². The van der Waals surface area contributed by atoms with E-state index in [1.165, 1.54) is 0 Å². The van der Waals surface area contributed by atoms with Crippen molar-refractivity contribution in [1.82, 2.24) is 0 Å². The summed E-state index contributed by atoms with van der Waals surface area (Å²) in [5, 5.41) is 0. The largest absolute Gasteiger partial charge is 0.298 e. The van der Waals surface area contributed by atoms with Crippen molar-refractivity contribution in [3.05, 3.63) is 23.5 Å². The van der Waals surface area contributed by atoms with Gasteiger partial charge in [-0.15, -0.1) is 0 Å². The fraction of sp³-hybridized carbons (Fsp3) is 0.167. The summed E-state index contributed by atoms with van der Waals surface area (Å²) in [7, 11) is 0.809. The van der Waals surface area contributed by atoms with Gasteiger partial charge in [-0.05, 0) is 6.16 Å². The van der Waals surface area contributed by atoms with Crippen LogP contribution in [-0.4, -0.2) is 12.4 Å². The van der Waals surface area contributed by atoms with Gasteiger partial charge < -0.3 is 0 Å². The Morgan fingerprint density at radius 3 is 3.00 bits per heavy atom. The van der Waals surface area contributed by atoms with Crippen LogP contribution in [0.3, 0.4) is 0 Å². The van der Waals surface area contributed by atoms with Gasteiger partial charge in [-0.1, -0.05) is 26.5 Å². The Labute approximate surface area is 50.3 Å². The Morgan fingerprint density at radius 2 is 2.62 bits per heavy atom. The zero-order valence-electron chi connectivity index (χ0n) is 4.42. The first kappa shape index (κ1) is 5.71. The molecule has 1 rings (SSSR count). The molecule has 1 unspecified atom stereocenters. The van der Waals surface area contributed by atoms with Crippen LogP contribution in [0.5, 0.6) is 0 Å². The fourth-order valence-corrected chi connectivity index (χ4v) is 1.33. The Morgan fingerprint density at radius 1 is 1.75 bits per heavy atom. The molecule has 0 saturated heterocycles. The van der Waals surface area contributed by atoms with Crippen molar-refractivity contribution >= 4 is 14.9 Å². The number of carbonyl (C=O) groups excluding carboxylic acids is 1. The first-order valence-corrected chi connectivity index (χ1v) is 3.77. The number of allylic oxidation sites excluding steroid dienone is 3. The summed E-state index contributed by atoms with van der Waals surface area (Å²) in [6, 6.07) is 0. The lowest BCUT2D eigenvalue weighted by molar-refractivity contribution is -0.104. The molecule has 0 radical (unpaired) electrons. The van der Waals surface area contributed by atoms with Gasteiger partial charge in [-0.3, -0.25) is 4.79 Å². The van der Waals surface area contributed by atoms with Crippen molar-refractivity contribution in [3.8, 4) is 0 Å². The van der Waals surface area contributed by atoms with E-state index in [0.29, 0.717) is 0 Å². The van der Waals surface area contributed by atoms with E-state index in [9.17, 15) is 4.79 Å². The predicted molar refractivity (Wildman–Crippen MR) is 36.5 cm³/mol. The quantitative estimate of drug-likeness (QED) is 0.382. The summed E-state index contributed by atoms with van der Waals surface area (Å²) in [6.07, 6.45) is 5.89. The minimum Gasteiger partial charge on any atom is -0.298 e. The molecule has 0 aromatic rings. The SMILES string of the molecule is O=CC1=CPCC=C1. The summed E-state index contributed by atoms with van der Waals surface area (Å²) in [5.74, 6) is 1.98. The van der Waals surface area contributed by atoms with E-state index in [1.54, 1.807) is 0 Å². The lowest BCUT2D eigenvalue weighted by Gasteiger charge is -1.96. The van der Waals surface area contributed by atoms with E-state index >= 15 is 0 Å². The number of carbonyl (C=O) groups is 1. The number of hydrogen-bond acceptors (Lipinski definition) is 1. The first-order chi connectivity index (χ1) is 3.93. The van der Waals surface area contributed by atoms with Gasteiger partial charge in [0.05, 0.1) is 0 Å². The molecular weight excluding hydrogens is 119 g/mol. The Bertz CT molecular complexity index is 147. The van der Waals surface area contributed by atoms with E-state index in [2.05, 4.69) is 0 Å². The molecule has 0 aromatic heterocycles. The van der Waals surface area contributed by atoms with Gasteiger partial charge in [0.2, 0.25) is 0 Å². The van der Waals surface area contributed by atoms with Gasteiger partial charge >= 0.3 is 0 Å². The normalized spacial score (nSPS) is 20.8. The van der Waals surface area contributed by atoms with Crippen LogP contribution in [0, 0.1) is 0 Å². The molecule has 0 amide bonds. The van der Waals surface area contributed by atoms with Crippen LogP contribution in [0.15, 0.2) is 23.5 Å². The molecule has 0 bridgehead atoms. The minimum atomic E-state index is 0.809. The van der Waals surface area contributed by atoms with Gasteiger partial charge in [-0.2, -0.15) is 0 Å². The molecule has 1 atom stereocenters. The third kappa shape index (κ3) is 1.28. The highest BCUT2D eigenvalue weighted by Crippen LogP contribution is 2.18. The van der Waals surface area contributed by atoms with E-state index < -0.39 is 0 Å². The molecule has 42 valence electrons. The average molecular weight is 126 g/mol. The van der Waals surface area contributed by atoms with Crippen LogP contribution in [0.4, 0.5) is 0 Å². The van der Waals surface area contributed by atoms with Gasteiger partial charge in [0.25, 0.3) is 0 Å². The van der Waals surface area contributed by atoms with E-state index in [0.717, 1.165) is 26.6 Å². The van der Waals surface area contributed by atoms with Gasteiger partial charge in [-0.25, -0.2) is 0 Å². The molecule has 0 aromatic carbocycles. The summed E-state index contributed by atoms with van der Waals surface area (Å²) < 4.78 is 0. The molecule has 1 aliphatic heterocycles. The zero-order valence-corrected chi connectivity index (χ0v) is 5.42. The Kier molecular flexibility index (Phi) is 1.99. The summed E-state index contributed by atoms with van der Waals surface area (Å²) >= 11 is 0. The zero-order chi connectivity index (χ0) is 5.82. The van der Waals surface area contributed by atoms with Crippen molar-refractivity contribution < 1.29 is 4.79 Å². The van der Waals surface area contributed by atoms with Crippen molar-refractivity contribution in [1.29, 1.82) is 0 Å². The third-order valence-corrected chi connectivity index (χ3v) is 1.96. The molecule has 0 fully saturated rings. The second-order valence-electron chi connectivity index (χ2n) is 1.57. The molecular formula is C6H7OP. The smallest absolute Gasteiger partial charge is 0.150 e. The second kappa shape index (κ2) is 2.78. The highest BCUT2D eigenvalue weighted by molar-refractivity contribution is 7.42. The summed E-state index contributed by atoms with van der Waals surface area (Å²) in [4.78, 5) is 10.0. The van der Waals surface area contributed by atoms with Crippen LogP contribution >= 0.6 is 8.58 Å². The molecule has 1 heterocycles. The number of aldehydes is 1. The predicted octanol–water partition coefficient (Wildman–Crippen LogP) is 1.32. The van der Waals surface area contributed by atoms with Crippen LogP contribution in [0.25, 0.3) is 0 Å². The van der Waals surface area contributed by atoms with Crippen molar-refractivity contribution in [2.75, 3.05) is 6.16 Å². The van der Waals surface area contributed by atoms with E-state index in [1.807, 2.05) is 18.0 Å². The number of rotatable bonds is 1.